The van der Waals surface area contributed by atoms with E-state index in [2.05, 4.69) is 12.2 Å². The fourth-order valence-corrected chi connectivity index (χ4v) is 3.49. The van der Waals surface area contributed by atoms with Crippen molar-refractivity contribution >= 4 is 15.7 Å². The van der Waals surface area contributed by atoms with Crippen LogP contribution in [-0.2, 0) is 14.6 Å². The van der Waals surface area contributed by atoms with Crippen LogP contribution in [0.15, 0.2) is 0 Å². The van der Waals surface area contributed by atoms with Gasteiger partial charge in [-0.15, -0.1) is 0 Å². The smallest absolute Gasteiger partial charge is 0.235 e. The third-order valence-electron chi connectivity index (χ3n) is 3.51. The Labute approximate surface area is 131 Å². The van der Waals surface area contributed by atoms with Crippen LogP contribution in [0.2, 0.25) is 0 Å². The van der Waals surface area contributed by atoms with Crippen molar-refractivity contribution in [3.8, 4) is 0 Å². The summed E-state index contributed by atoms with van der Waals surface area (Å²) in [5.41, 5.74) is 0. The number of amides is 1. The molecular weight excluding hydrogens is 286 g/mol. The van der Waals surface area contributed by atoms with Crippen LogP contribution in [0.25, 0.3) is 0 Å². The molecule has 0 saturated heterocycles. The zero-order valence-electron chi connectivity index (χ0n) is 13.8. The predicted octanol–water partition coefficient (Wildman–Crippen LogP) is 3.46. The summed E-state index contributed by atoms with van der Waals surface area (Å²) >= 11 is 0. The highest BCUT2D eigenvalue weighted by Crippen LogP contribution is 2.06. The molecule has 0 aliphatic rings. The van der Waals surface area contributed by atoms with Crippen LogP contribution in [-0.4, -0.2) is 32.4 Å². The molecule has 0 rings (SSSR count). The molecule has 0 heterocycles. The van der Waals surface area contributed by atoms with Crippen LogP contribution in [0, 0.1) is 0 Å². The van der Waals surface area contributed by atoms with Crippen LogP contribution >= 0.6 is 0 Å². The van der Waals surface area contributed by atoms with Gasteiger partial charge in [0.25, 0.3) is 0 Å². The molecule has 0 saturated carbocycles. The van der Waals surface area contributed by atoms with E-state index >= 15 is 0 Å². The average molecular weight is 320 g/mol. The molecule has 1 N–H and O–H groups in total. The van der Waals surface area contributed by atoms with Crippen LogP contribution in [0.4, 0.5) is 0 Å². The first-order valence-electron chi connectivity index (χ1n) is 8.49. The van der Waals surface area contributed by atoms with Crippen LogP contribution in [0.3, 0.4) is 0 Å². The molecule has 21 heavy (non-hydrogen) atoms. The minimum atomic E-state index is -3.22. The van der Waals surface area contributed by atoms with Gasteiger partial charge in [0, 0.05) is 6.54 Å². The number of nitrogens with one attached hydrogen (secondary N) is 1. The molecule has 0 aliphatic carbocycles. The van der Waals surface area contributed by atoms with Crippen molar-refractivity contribution in [2.45, 2.75) is 78.1 Å². The minimum absolute atomic E-state index is 0.131. The van der Waals surface area contributed by atoms with Gasteiger partial charge in [-0.2, -0.15) is 0 Å². The molecule has 4 nitrogen and oxygen atoms in total. The molecule has 5 heteroatoms. The Morgan fingerprint density at radius 3 is 1.95 bits per heavy atom. The molecule has 0 spiro atoms. The van der Waals surface area contributed by atoms with Crippen molar-refractivity contribution in [2.24, 2.45) is 0 Å². The molecule has 0 aromatic heterocycles. The van der Waals surface area contributed by atoms with Gasteiger partial charge >= 0.3 is 0 Å². The van der Waals surface area contributed by atoms with Gasteiger partial charge in [0.15, 0.2) is 9.84 Å². The van der Waals surface area contributed by atoms with Crippen LogP contribution < -0.4 is 5.32 Å². The molecule has 0 unspecified atom stereocenters. The third kappa shape index (κ3) is 14.1. The molecule has 0 aliphatic heterocycles. The average Bonchev–Trinajstić information content (AvgIpc) is 2.41. The topological polar surface area (TPSA) is 63.2 Å². The molecule has 0 bridgehead atoms. The van der Waals surface area contributed by atoms with E-state index in [0.29, 0.717) is 13.0 Å². The van der Waals surface area contributed by atoms with E-state index in [1.54, 1.807) is 0 Å². The summed E-state index contributed by atoms with van der Waals surface area (Å²) in [4.78, 5) is 11.6. The summed E-state index contributed by atoms with van der Waals surface area (Å²) in [6.45, 7) is 4.82. The van der Waals surface area contributed by atoms with E-state index in [1.165, 1.54) is 32.1 Å². The molecule has 0 atom stereocenters. The first-order chi connectivity index (χ1) is 10.0. The largest absolute Gasteiger partial charge is 0.355 e. The summed E-state index contributed by atoms with van der Waals surface area (Å²) in [5, 5.41) is 2.71. The summed E-state index contributed by atoms with van der Waals surface area (Å²) in [6.07, 6.45) is 10.9. The van der Waals surface area contributed by atoms with Gasteiger partial charge in [-0.3, -0.25) is 4.79 Å². The zero-order valence-corrected chi connectivity index (χ0v) is 14.6. The second kappa shape index (κ2) is 13.1. The van der Waals surface area contributed by atoms with E-state index in [4.69, 9.17) is 0 Å². The Morgan fingerprint density at radius 2 is 1.33 bits per heavy atom. The minimum Gasteiger partial charge on any atom is -0.355 e. The fourth-order valence-electron chi connectivity index (χ4n) is 2.20. The van der Waals surface area contributed by atoms with Crippen molar-refractivity contribution in [2.75, 3.05) is 18.1 Å². The second-order valence-corrected chi connectivity index (χ2v) is 7.95. The Morgan fingerprint density at radius 1 is 0.810 bits per heavy atom. The van der Waals surface area contributed by atoms with Gasteiger partial charge in [-0.1, -0.05) is 65.2 Å². The number of unbranched alkanes of at least 4 members (excludes halogenated alkanes) is 8. The Kier molecular flexibility index (Phi) is 12.7. The monoisotopic (exact) mass is 319 g/mol. The molecule has 0 aromatic rings. The molecule has 126 valence electrons. The van der Waals surface area contributed by atoms with Crippen molar-refractivity contribution < 1.29 is 13.2 Å². The number of sulfone groups is 1. The molecule has 0 fully saturated rings. The summed E-state index contributed by atoms with van der Waals surface area (Å²) in [6, 6.07) is 0. The number of carbonyl (C=O) groups is 1. The van der Waals surface area contributed by atoms with Gasteiger partial charge in [-0.05, 0) is 12.8 Å². The van der Waals surface area contributed by atoms with Gasteiger partial charge in [-0.25, -0.2) is 8.42 Å². The lowest BCUT2D eigenvalue weighted by atomic mass is 10.1. The first kappa shape index (κ1) is 20.4. The Hall–Kier alpha value is -0.580. The standard InChI is InChI=1S/C16H33NO3S/c1-3-5-7-8-9-10-11-13-17-16(18)15-21(19,20)14-12-6-4-2/h3-15H2,1-2H3,(H,17,18). The van der Waals surface area contributed by atoms with Gasteiger partial charge in [0.1, 0.15) is 5.75 Å². The zero-order chi connectivity index (χ0) is 16.0. The number of hydrogen-bond donors (Lipinski definition) is 1. The molecule has 0 aromatic carbocycles. The maximum Gasteiger partial charge on any atom is 0.235 e. The number of carbonyl (C=O) groups excluding carboxylic acids is 1. The lowest BCUT2D eigenvalue weighted by Gasteiger charge is -2.06. The van der Waals surface area contributed by atoms with Gasteiger partial charge in [0.05, 0.1) is 5.75 Å². The SMILES string of the molecule is CCCCCCCCCNC(=O)CS(=O)(=O)CCCCC. The fraction of sp³-hybridized carbons (Fsp3) is 0.938. The summed E-state index contributed by atoms with van der Waals surface area (Å²) < 4.78 is 23.4. The van der Waals surface area contributed by atoms with Gasteiger partial charge < -0.3 is 5.32 Å². The Bertz CT molecular complexity index is 353. The highest BCUT2D eigenvalue weighted by molar-refractivity contribution is 7.92. The van der Waals surface area contributed by atoms with E-state index in [0.717, 1.165) is 25.7 Å². The lowest BCUT2D eigenvalue weighted by Crippen LogP contribution is -2.32. The molecule has 0 radical (unpaired) electrons. The molecular formula is C16H33NO3S. The highest BCUT2D eigenvalue weighted by Gasteiger charge is 2.15. The number of rotatable bonds is 14. The molecule has 1 amide bonds. The van der Waals surface area contributed by atoms with E-state index in [1.807, 2.05) is 6.92 Å². The lowest BCUT2D eigenvalue weighted by molar-refractivity contribution is -0.118. The summed E-state index contributed by atoms with van der Waals surface area (Å²) in [7, 11) is -3.22. The quantitative estimate of drug-likeness (QED) is 0.499. The number of hydrogen-bond acceptors (Lipinski definition) is 3. The third-order valence-corrected chi connectivity index (χ3v) is 5.13. The van der Waals surface area contributed by atoms with E-state index < -0.39 is 9.84 Å². The Balaban J connectivity index is 3.57. The maximum absolute atomic E-state index is 11.7. The van der Waals surface area contributed by atoms with Crippen molar-refractivity contribution in [1.29, 1.82) is 0 Å². The first-order valence-corrected chi connectivity index (χ1v) is 10.3. The predicted molar refractivity (Wildman–Crippen MR) is 89.2 cm³/mol. The van der Waals surface area contributed by atoms with Crippen LogP contribution in [0.5, 0.6) is 0 Å². The summed E-state index contributed by atoms with van der Waals surface area (Å²) in [5.74, 6) is -0.573. The van der Waals surface area contributed by atoms with Crippen molar-refractivity contribution in [3.05, 3.63) is 0 Å². The second-order valence-electron chi connectivity index (χ2n) is 5.77. The highest BCUT2D eigenvalue weighted by atomic mass is 32.2. The van der Waals surface area contributed by atoms with E-state index in [9.17, 15) is 13.2 Å². The van der Waals surface area contributed by atoms with Crippen molar-refractivity contribution in [1.82, 2.24) is 5.32 Å². The van der Waals surface area contributed by atoms with Crippen molar-refractivity contribution in [3.63, 3.8) is 0 Å². The maximum atomic E-state index is 11.7. The van der Waals surface area contributed by atoms with Gasteiger partial charge in [0.2, 0.25) is 5.91 Å². The van der Waals surface area contributed by atoms with Crippen LogP contribution in [0.1, 0.15) is 78.1 Å². The normalized spacial score (nSPS) is 11.5. The van der Waals surface area contributed by atoms with E-state index in [-0.39, 0.29) is 17.4 Å².